The third kappa shape index (κ3) is 3.22. The normalized spacial score (nSPS) is 14.8. The molecule has 1 atom stereocenters. The fourth-order valence-corrected chi connectivity index (χ4v) is 3.03. The smallest absolute Gasteiger partial charge is 0.125 e. The maximum Gasteiger partial charge on any atom is 0.125 e. The van der Waals surface area contributed by atoms with Crippen molar-refractivity contribution >= 4 is 11.6 Å². The fraction of sp³-hybridized carbons (Fsp3) is 0.438. The molecule has 0 saturated carbocycles. The van der Waals surface area contributed by atoms with Crippen molar-refractivity contribution in [2.45, 2.75) is 32.2 Å². The van der Waals surface area contributed by atoms with Crippen molar-refractivity contribution < 1.29 is 4.74 Å². The second-order valence-corrected chi connectivity index (χ2v) is 5.77. The van der Waals surface area contributed by atoms with Crippen LogP contribution in [-0.4, -0.2) is 23.1 Å². The van der Waals surface area contributed by atoms with E-state index < -0.39 is 0 Å². The van der Waals surface area contributed by atoms with Gasteiger partial charge in [-0.1, -0.05) is 18.5 Å². The SMILES string of the molecule is CCCNC(Cc1cc(Cl)cc2c1OCC2)c1ncc[nH]1. The molecule has 2 heterocycles. The molecule has 0 aliphatic carbocycles. The molecule has 2 N–H and O–H groups in total. The molecule has 1 aliphatic rings. The Morgan fingerprint density at radius 2 is 2.38 bits per heavy atom. The molecule has 0 spiro atoms. The molecule has 2 aromatic rings. The molecule has 0 fully saturated rings. The van der Waals surface area contributed by atoms with Crippen molar-refractivity contribution in [3.63, 3.8) is 0 Å². The van der Waals surface area contributed by atoms with Gasteiger partial charge in [-0.15, -0.1) is 0 Å². The van der Waals surface area contributed by atoms with E-state index in [1.165, 1.54) is 5.56 Å². The number of aromatic nitrogens is 2. The first-order valence-electron chi connectivity index (χ1n) is 7.44. The van der Waals surface area contributed by atoms with Crippen molar-refractivity contribution in [3.05, 3.63) is 46.5 Å². The summed E-state index contributed by atoms with van der Waals surface area (Å²) in [6.07, 6.45) is 6.48. The van der Waals surface area contributed by atoms with Crippen LogP contribution >= 0.6 is 11.6 Å². The van der Waals surface area contributed by atoms with E-state index in [1.807, 2.05) is 18.3 Å². The lowest BCUT2D eigenvalue weighted by molar-refractivity contribution is 0.351. The van der Waals surface area contributed by atoms with Crippen LogP contribution in [0.25, 0.3) is 0 Å². The van der Waals surface area contributed by atoms with E-state index >= 15 is 0 Å². The summed E-state index contributed by atoms with van der Waals surface area (Å²) in [5.74, 6) is 1.96. The lowest BCUT2D eigenvalue weighted by Gasteiger charge is -2.18. The number of imidazole rings is 1. The quantitative estimate of drug-likeness (QED) is 0.861. The Morgan fingerprint density at radius 3 is 3.14 bits per heavy atom. The van der Waals surface area contributed by atoms with Crippen LogP contribution in [-0.2, 0) is 12.8 Å². The van der Waals surface area contributed by atoms with Crippen LogP contribution in [0.1, 0.15) is 36.3 Å². The maximum absolute atomic E-state index is 6.24. The third-order valence-electron chi connectivity index (χ3n) is 3.74. The highest BCUT2D eigenvalue weighted by molar-refractivity contribution is 6.30. The van der Waals surface area contributed by atoms with Gasteiger partial charge in [-0.05, 0) is 42.6 Å². The zero-order valence-corrected chi connectivity index (χ0v) is 12.9. The number of aromatic amines is 1. The van der Waals surface area contributed by atoms with Crippen molar-refractivity contribution in [1.82, 2.24) is 15.3 Å². The molecule has 3 rings (SSSR count). The number of nitrogens with one attached hydrogen (secondary N) is 2. The molecular weight excluding hydrogens is 286 g/mol. The Morgan fingerprint density at radius 1 is 1.48 bits per heavy atom. The summed E-state index contributed by atoms with van der Waals surface area (Å²) >= 11 is 6.24. The molecule has 0 radical (unpaired) electrons. The predicted octanol–water partition coefficient (Wildman–Crippen LogP) is 3.28. The summed E-state index contributed by atoms with van der Waals surface area (Å²) in [5, 5.41) is 4.32. The van der Waals surface area contributed by atoms with Crippen molar-refractivity contribution in [1.29, 1.82) is 0 Å². The van der Waals surface area contributed by atoms with Gasteiger partial charge >= 0.3 is 0 Å². The summed E-state index contributed by atoms with van der Waals surface area (Å²) in [4.78, 5) is 7.59. The minimum absolute atomic E-state index is 0.145. The molecule has 0 amide bonds. The number of nitrogens with zero attached hydrogens (tertiary/aromatic N) is 1. The number of halogens is 1. The maximum atomic E-state index is 6.24. The number of hydrogen-bond donors (Lipinski definition) is 2. The van der Waals surface area contributed by atoms with E-state index in [-0.39, 0.29) is 6.04 Å². The lowest BCUT2D eigenvalue weighted by atomic mass is 10.0. The fourth-order valence-electron chi connectivity index (χ4n) is 2.77. The average Bonchev–Trinajstić information content (AvgIpc) is 3.13. The van der Waals surface area contributed by atoms with Gasteiger partial charge in [0.05, 0.1) is 12.6 Å². The molecule has 1 unspecified atom stereocenters. The van der Waals surface area contributed by atoms with Gasteiger partial charge < -0.3 is 15.0 Å². The molecule has 112 valence electrons. The first-order valence-corrected chi connectivity index (χ1v) is 7.82. The van der Waals surface area contributed by atoms with Crippen LogP contribution in [0.2, 0.25) is 5.02 Å². The molecule has 1 aliphatic heterocycles. The number of H-pyrrole nitrogens is 1. The minimum Gasteiger partial charge on any atom is -0.493 e. The average molecular weight is 306 g/mol. The third-order valence-corrected chi connectivity index (χ3v) is 3.96. The van der Waals surface area contributed by atoms with Crippen LogP contribution in [0.4, 0.5) is 0 Å². The summed E-state index contributed by atoms with van der Waals surface area (Å²) in [6.45, 7) is 3.86. The van der Waals surface area contributed by atoms with Gasteiger partial charge in [0, 0.05) is 23.8 Å². The monoisotopic (exact) mass is 305 g/mol. The minimum atomic E-state index is 0.145. The highest BCUT2D eigenvalue weighted by atomic mass is 35.5. The molecular formula is C16H20ClN3O. The Hall–Kier alpha value is -1.52. The zero-order valence-electron chi connectivity index (χ0n) is 12.2. The van der Waals surface area contributed by atoms with Crippen molar-refractivity contribution in [2.24, 2.45) is 0 Å². The number of ether oxygens (including phenoxy) is 1. The van der Waals surface area contributed by atoms with E-state index in [0.29, 0.717) is 0 Å². The molecule has 4 nitrogen and oxygen atoms in total. The number of hydrogen-bond acceptors (Lipinski definition) is 3. The molecule has 21 heavy (non-hydrogen) atoms. The van der Waals surface area contributed by atoms with Gasteiger partial charge in [-0.3, -0.25) is 0 Å². The van der Waals surface area contributed by atoms with Crippen LogP contribution in [0, 0.1) is 0 Å². The lowest BCUT2D eigenvalue weighted by Crippen LogP contribution is -2.25. The molecule has 0 saturated heterocycles. The van der Waals surface area contributed by atoms with Crippen molar-refractivity contribution in [3.8, 4) is 5.75 Å². The van der Waals surface area contributed by atoms with Gasteiger partial charge in [0.25, 0.3) is 0 Å². The van der Waals surface area contributed by atoms with Gasteiger partial charge in [0.15, 0.2) is 0 Å². The number of fused-ring (bicyclic) bond motifs is 1. The molecule has 5 heteroatoms. The van der Waals surface area contributed by atoms with E-state index in [9.17, 15) is 0 Å². The van der Waals surface area contributed by atoms with Crippen molar-refractivity contribution in [2.75, 3.05) is 13.2 Å². The number of rotatable bonds is 6. The molecule has 1 aromatic heterocycles. The second-order valence-electron chi connectivity index (χ2n) is 5.34. The summed E-state index contributed by atoms with van der Waals surface area (Å²) in [6, 6.07) is 4.16. The standard InChI is InChI=1S/C16H20ClN3O/c1-2-4-18-14(16-19-5-6-20-16)10-12-9-13(17)8-11-3-7-21-15(11)12/h5-6,8-9,14,18H,2-4,7,10H2,1H3,(H,19,20). The molecule has 0 bridgehead atoms. The highest BCUT2D eigenvalue weighted by Crippen LogP contribution is 2.34. The first kappa shape index (κ1) is 14.4. The largest absolute Gasteiger partial charge is 0.493 e. The Bertz CT molecular complexity index is 598. The van der Waals surface area contributed by atoms with Gasteiger partial charge in [0.1, 0.15) is 11.6 Å². The van der Waals surface area contributed by atoms with Gasteiger partial charge in [-0.2, -0.15) is 0 Å². The Kier molecular flexibility index (Phi) is 4.46. The van der Waals surface area contributed by atoms with Gasteiger partial charge in [0.2, 0.25) is 0 Å². The van der Waals surface area contributed by atoms with Gasteiger partial charge in [-0.25, -0.2) is 4.98 Å². The number of benzene rings is 1. The Labute approximate surface area is 129 Å². The topological polar surface area (TPSA) is 49.9 Å². The second kappa shape index (κ2) is 6.50. The predicted molar refractivity (Wildman–Crippen MR) is 84.0 cm³/mol. The Balaban J connectivity index is 1.86. The zero-order chi connectivity index (χ0) is 14.7. The van der Waals surface area contributed by atoms with Crippen LogP contribution < -0.4 is 10.1 Å². The van der Waals surface area contributed by atoms with E-state index in [1.54, 1.807) is 6.20 Å². The van der Waals surface area contributed by atoms with Crippen LogP contribution in [0.3, 0.4) is 0 Å². The van der Waals surface area contributed by atoms with Crippen LogP contribution in [0.5, 0.6) is 5.75 Å². The summed E-state index contributed by atoms with van der Waals surface area (Å²) < 4.78 is 5.79. The van der Waals surface area contributed by atoms with Crippen LogP contribution in [0.15, 0.2) is 24.5 Å². The first-order chi connectivity index (χ1) is 10.3. The van der Waals surface area contributed by atoms with E-state index in [4.69, 9.17) is 16.3 Å². The summed E-state index contributed by atoms with van der Waals surface area (Å²) in [7, 11) is 0. The van der Waals surface area contributed by atoms with E-state index in [0.717, 1.165) is 54.6 Å². The van der Waals surface area contributed by atoms with E-state index in [2.05, 4.69) is 22.2 Å². The molecule has 1 aromatic carbocycles. The highest BCUT2D eigenvalue weighted by Gasteiger charge is 2.21. The summed E-state index contributed by atoms with van der Waals surface area (Å²) in [5.41, 5.74) is 2.37.